The van der Waals surface area contributed by atoms with E-state index in [1.165, 1.54) is 13.1 Å². The number of nitrogens with zero attached hydrogens (tertiary/aromatic N) is 1. The molecule has 0 atom stereocenters. The number of ether oxygens (including phenoxy) is 1. The quantitative estimate of drug-likeness (QED) is 0.795. The highest BCUT2D eigenvalue weighted by molar-refractivity contribution is 7.89. The Morgan fingerprint density at radius 2 is 1.83 bits per heavy atom. The van der Waals surface area contributed by atoms with E-state index in [2.05, 4.69) is 0 Å². The fourth-order valence-corrected chi connectivity index (χ4v) is 3.25. The topological polar surface area (TPSA) is 46.6 Å². The highest BCUT2D eigenvalue weighted by atomic mass is 35.5. The van der Waals surface area contributed by atoms with E-state index >= 15 is 0 Å². The van der Waals surface area contributed by atoms with Gasteiger partial charge in [-0.15, -0.1) is 0 Å². The van der Waals surface area contributed by atoms with Gasteiger partial charge in [0.1, 0.15) is 23.1 Å². The minimum Gasteiger partial charge on any atom is -0.492 e. The van der Waals surface area contributed by atoms with Crippen molar-refractivity contribution in [3.63, 3.8) is 0 Å². The molecule has 23 heavy (non-hydrogen) atoms. The molecule has 2 aromatic rings. The number of aryl methyl sites for hydroxylation is 1. The minimum absolute atomic E-state index is 0.0955. The van der Waals surface area contributed by atoms with Gasteiger partial charge < -0.3 is 4.74 Å². The Balaban J connectivity index is 2.01. The van der Waals surface area contributed by atoms with Crippen molar-refractivity contribution < 1.29 is 17.5 Å². The molecule has 0 aliphatic rings. The lowest BCUT2D eigenvalue weighted by Crippen LogP contribution is -2.31. The maximum atomic E-state index is 13.8. The van der Waals surface area contributed by atoms with Crippen LogP contribution in [0.4, 0.5) is 4.39 Å². The average Bonchev–Trinajstić information content (AvgIpc) is 2.48. The number of hydrogen-bond acceptors (Lipinski definition) is 3. The molecule has 0 radical (unpaired) electrons. The molecule has 4 nitrogen and oxygen atoms in total. The third kappa shape index (κ3) is 4.43. The van der Waals surface area contributed by atoms with Crippen LogP contribution in [0.15, 0.2) is 47.4 Å². The number of benzene rings is 2. The van der Waals surface area contributed by atoms with Crippen molar-refractivity contribution in [1.82, 2.24) is 4.31 Å². The summed E-state index contributed by atoms with van der Waals surface area (Å²) in [5.41, 5.74) is 1.11. The lowest BCUT2D eigenvalue weighted by atomic mass is 10.2. The number of hydrogen-bond donors (Lipinski definition) is 0. The lowest BCUT2D eigenvalue weighted by molar-refractivity contribution is 0.286. The molecule has 0 amide bonds. The summed E-state index contributed by atoms with van der Waals surface area (Å²) in [6.07, 6.45) is 0. The second-order valence-corrected chi connectivity index (χ2v) is 7.51. The van der Waals surface area contributed by atoms with Crippen molar-refractivity contribution >= 4 is 21.6 Å². The van der Waals surface area contributed by atoms with Crippen LogP contribution in [-0.2, 0) is 10.0 Å². The number of halogens is 2. The molecule has 0 fully saturated rings. The maximum Gasteiger partial charge on any atom is 0.245 e. The molecule has 2 aromatic carbocycles. The van der Waals surface area contributed by atoms with Crippen molar-refractivity contribution in [2.45, 2.75) is 11.8 Å². The second kappa shape index (κ2) is 7.29. The van der Waals surface area contributed by atoms with E-state index in [0.717, 1.165) is 22.0 Å². The molecule has 0 aliphatic heterocycles. The Morgan fingerprint density at radius 3 is 2.43 bits per heavy atom. The van der Waals surface area contributed by atoms with Crippen molar-refractivity contribution in [2.24, 2.45) is 0 Å². The molecule has 0 unspecified atom stereocenters. The summed E-state index contributed by atoms with van der Waals surface area (Å²) in [7, 11) is -2.55. The van der Waals surface area contributed by atoms with E-state index in [4.69, 9.17) is 16.3 Å². The maximum absolute atomic E-state index is 13.8. The lowest BCUT2D eigenvalue weighted by Gasteiger charge is -2.18. The van der Waals surface area contributed by atoms with Gasteiger partial charge >= 0.3 is 0 Å². The van der Waals surface area contributed by atoms with Crippen LogP contribution in [-0.4, -0.2) is 32.9 Å². The zero-order chi connectivity index (χ0) is 17.0. The molecule has 0 bridgehead atoms. The van der Waals surface area contributed by atoms with Crippen molar-refractivity contribution in [1.29, 1.82) is 0 Å². The van der Waals surface area contributed by atoms with Crippen LogP contribution in [0.25, 0.3) is 0 Å². The van der Waals surface area contributed by atoms with Crippen molar-refractivity contribution in [2.75, 3.05) is 20.2 Å². The summed E-state index contributed by atoms with van der Waals surface area (Å²) >= 11 is 5.64. The van der Waals surface area contributed by atoms with Gasteiger partial charge in [0.25, 0.3) is 0 Å². The summed E-state index contributed by atoms with van der Waals surface area (Å²) in [5, 5.41) is 0.145. The molecule has 0 saturated carbocycles. The van der Waals surface area contributed by atoms with Gasteiger partial charge in [-0.3, -0.25) is 0 Å². The second-order valence-electron chi connectivity index (χ2n) is 5.06. The third-order valence-electron chi connectivity index (χ3n) is 3.28. The molecule has 7 heteroatoms. The van der Waals surface area contributed by atoms with Crippen molar-refractivity contribution in [3.8, 4) is 5.75 Å². The fraction of sp³-hybridized carbons (Fsp3) is 0.250. The predicted octanol–water partition coefficient (Wildman–Crippen LogP) is 3.49. The van der Waals surface area contributed by atoms with Gasteiger partial charge in [-0.2, -0.15) is 4.31 Å². The number of rotatable bonds is 6. The molecule has 2 rings (SSSR count). The zero-order valence-corrected chi connectivity index (χ0v) is 14.4. The van der Waals surface area contributed by atoms with Gasteiger partial charge in [0.05, 0.1) is 0 Å². The minimum atomic E-state index is -3.93. The zero-order valence-electron chi connectivity index (χ0n) is 12.8. The first-order chi connectivity index (χ1) is 10.8. The summed E-state index contributed by atoms with van der Waals surface area (Å²) in [4.78, 5) is -0.403. The molecule has 0 heterocycles. The average molecular weight is 358 g/mol. The molecule has 0 spiro atoms. The molecule has 124 valence electrons. The monoisotopic (exact) mass is 357 g/mol. The van der Waals surface area contributed by atoms with E-state index in [1.807, 2.05) is 31.2 Å². The molecule has 0 saturated heterocycles. The van der Waals surface area contributed by atoms with Crippen LogP contribution in [0.3, 0.4) is 0 Å². The van der Waals surface area contributed by atoms with E-state index in [9.17, 15) is 12.8 Å². The Kier molecular flexibility index (Phi) is 5.62. The number of sulfonamides is 1. The Bertz CT molecular complexity index is 778. The van der Waals surface area contributed by atoms with Crippen molar-refractivity contribution in [3.05, 3.63) is 58.9 Å². The molecular formula is C16H17ClFNO3S. The normalized spacial score (nSPS) is 11.7. The molecule has 0 aromatic heterocycles. The molecule has 0 N–H and O–H groups in total. The highest BCUT2D eigenvalue weighted by Gasteiger charge is 2.24. The Labute approximate surface area is 140 Å². The Hall–Kier alpha value is -1.63. The Morgan fingerprint density at radius 1 is 1.17 bits per heavy atom. The van der Waals surface area contributed by atoms with Crippen LogP contribution < -0.4 is 4.74 Å². The highest BCUT2D eigenvalue weighted by Crippen LogP contribution is 2.21. The van der Waals surface area contributed by atoms with E-state index in [0.29, 0.717) is 5.75 Å². The summed E-state index contributed by atoms with van der Waals surface area (Å²) < 4.78 is 45.0. The van der Waals surface area contributed by atoms with E-state index in [1.54, 1.807) is 0 Å². The SMILES string of the molecule is Cc1ccc(OCCN(C)S(=O)(=O)c2ccc(Cl)cc2F)cc1. The first-order valence-corrected chi connectivity index (χ1v) is 8.73. The summed E-state index contributed by atoms with van der Waals surface area (Å²) in [6.45, 7) is 2.22. The number of likely N-dealkylation sites (N-methyl/N-ethyl adjacent to an activating group) is 1. The fourth-order valence-electron chi connectivity index (χ4n) is 1.90. The van der Waals surface area contributed by atoms with E-state index in [-0.39, 0.29) is 18.2 Å². The summed E-state index contributed by atoms with van der Waals surface area (Å²) in [6, 6.07) is 10.9. The predicted molar refractivity (Wildman–Crippen MR) is 87.9 cm³/mol. The van der Waals surface area contributed by atoms with Gasteiger partial charge in [-0.25, -0.2) is 12.8 Å². The largest absolute Gasteiger partial charge is 0.492 e. The van der Waals surface area contributed by atoms with E-state index < -0.39 is 20.7 Å². The van der Waals surface area contributed by atoms with Gasteiger partial charge in [-0.1, -0.05) is 29.3 Å². The molecular weight excluding hydrogens is 341 g/mol. The summed E-state index contributed by atoms with van der Waals surface area (Å²) in [5.74, 6) is -0.220. The van der Waals surface area contributed by atoms with Crippen LogP contribution in [0.2, 0.25) is 5.02 Å². The first kappa shape index (κ1) is 17.7. The van der Waals surface area contributed by atoms with Crippen LogP contribution in [0, 0.1) is 12.7 Å². The van der Waals surface area contributed by atoms with Gasteiger partial charge in [0.2, 0.25) is 10.0 Å². The van der Waals surface area contributed by atoms with Gasteiger partial charge in [0.15, 0.2) is 0 Å². The van der Waals surface area contributed by atoms with Gasteiger partial charge in [0, 0.05) is 18.6 Å². The first-order valence-electron chi connectivity index (χ1n) is 6.91. The standard InChI is InChI=1S/C16H17ClFNO3S/c1-12-3-6-14(7-4-12)22-10-9-19(2)23(20,21)16-8-5-13(17)11-15(16)18/h3-8,11H,9-10H2,1-2H3. The van der Waals surface area contributed by atoms with Gasteiger partial charge in [-0.05, 0) is 37.3 Å². The molecule has 0 aliphatic carbocycles. The van der Waals surface area contributed by atoms with Crippen LogP contribution in [0.1, 0.15) is 5.56 Å². The van der Waals surface area contributed by atoms with Crippen LogP contribution in [0.5, 0.6) is 5.75 Å². The van der Waals surface area contributed by atoms with Crippen LogP contribution >= 0.6 is 11.6 Å². The third-order valence-corrected chi connectivity index (χ3v) is 5.40. The smallest absolute Gasteiger partial charge is 0.245 e.